The third-order valence-corrected chi connectivity index (χ3v) is 1.93. The van der Waals surface area contributed by atoms with Crippen LogP contribution in [-0.4, -0.2) is 25.4 Å². The van der Waals surface area contributed by atoms with Crippen molar-refractivity contribution in [3.05, 3.63) is 11.6 Å². The second-order valence-electron chi connectivity index (χ2n) is 3.03. The summed E-state index contributed by atoms with van der Waals surface area (Å²) < 4.78 is 48.5. The van der Waals surface area contributed by atoms with Crippen LogP contribution in [0.2, 0.25) is 0 Å². The van der Waals surface area contributed by atoms with E-state index in [1.165, 1.54) is 0 Å². The van der Waals surface area contributed by atoms with Crippen LogP contribution in [0.3, 0.4) is 0 Å². The fourth-order valence-electron chi connectivity index (χ4n) is 1.23. The summed E-state index contributed by atoms with van der Waals surface area (Å²) in [7, 11) is 0. The van der Waals surface area contributed by atoms with E-state index < -0.39 is 12.3 Å². The van der Waals surface area contributed by atoms with Crippen LogP contribution in [0.25, 0.3) is 0 Å². The molecule has 1 nitrogen and oxygen atoms in total. The van der Waals surface area contributed by atoms with Crippen molar-refractivity contribution in [2.45, 2.75) is 25.2 Å². The molecule has 0 saturated carbocycles. The number of nitrogens with one attached hydrogen (secondary N) is 1. The van der Waals surface area contributed by atoms with E-state index in [1.807, 2.05) is 0 Å². The smallest absolute Gasteiger partial charge is 0.316 e. The molecule has 0 radical (unpaired) electrons. The van der Waals surface area contributed by atoms with Gasteiger partial charge in [0.2, 0.25) is 0 Å². The van der Waals surface area contributed by atoms with Crippen molar-refractivity contribution in [2.75, 3.05) is 13.1 Å². The van der Waals surface area contributed by atoms with E-state index in [1.54, 1.807) is 0 Å². The number of hydrogen-bond acceptors (Lipinski definition) is 1. The van der Waals surface area contributed by atoms with Gasteiger partial charge in [0.1, 0.15) is 0 Å². The lowest BCUT2D eigenvalue weighted by atomic mass is 10.0. The maximum atomic E-state index is 12.5. The quantitative estimate of drug-likeness (QED) is 0.528. The SMILES string of the molecule is FC(F)C(F)(F)C=C1CCNCC1. The summed E-state index contributed by atoms with van der Waals surface area (Å²) in [4.78, 5) is 0. The van der Waals surface area contributed by atoms with Gasteiger partial charge in [-0.3, -0.25) is 0 Å². The van der Waals surface area contributed by atoms with Gasteiger partial charge in [0.15, 0.2) is 0 Å². The highest BCUT2D eigenvalue weighted by molar-refractivity contribution is 5.11. The summed E-state index contributed by atoms with van der Waals surface area (Å²) in [5, 5.41) is 2.96. The highest BCUT2D eigenvalue weighted by Crippen LogP contribution is 2.27. The minimum Gasteiger partial charge on any atom is -0.316 e. The molecule has 1 N–H and O–H groups in total. The van der Waals surface area contributed by atoms with Crippen LogP contribution in [0.5, 0.6) is 0 Å². The number of hydrogen-bond donors (Lipinski definition) is 1. The zero-order valence-electron chi connectivity index (χ0n) is 6.99. The summed E-state index contributed by atoms with van der Waals surface area (Å²) >= 11 is 0. The van der Waals surface area contributed by atoms with Crippen LogP contribution >= 0.6 is 0 Å². The second kappa shape index (κ2) is 4.09. The van der Waals surface area contributed by atoms with Gasteiger partial charge in [-0.15, -0.1) is 0 Å². The Labute approximate surface area is 73.8 Å². The Morgan fingerprint density at radius 1 is 1.23 bits per heavy atom. The summed E-state index contributed by atoms with van der Waals surface area (Å²) in [5.74, 6) is -3.97. The van der Waals surface area contributed by atoms with Crippen molar-refractivity contribution >= 4 is 0 Å². The molecule has 1 aliphatic rings. The minimum absolute atomic E-state index is 0.415. The third-order valence-electron chi connectivity index (χ3n) is 1.93. The van der Waals surface area contributed by atoms with Crippen molar-refractivity contribution in [1.82, 2.24) is 5.32 Å². The fourth-order valence-corrected chi connectivity index (χ4v) is 1.23. The number of alkyl halides is 4. The minimum atomic E-state index is -3.97. The predicted molar refractivity (Wildman–Crippen MR) is 41.1 cm³/mol. The van der Waals surface area contributed by atoms with Gasteiger partial charge < -0.3 is 5.32 Å². The van der Waals surface area contributed by atoms with Crippen molar-refractivity contribution in [2.24, 2.45) is 0 Å². The van der Waals surface area contributed by atoms with Crippen LogP contribution < -0.4 is 5.32 Å². The first-order valence-corrected chi connectivity index (χ1v) is 4.09. The molecule has 0 aromatic heterocycles. The van der Waals surface area contributed by atoms with E-state index in [9.17, 15) is 17.6 Å². The molecule has 13 heavy (non-hydrogen) atoms. The van der Waals surface area contributed by atoms with E-state index in [0.717, 1.165) is 0 Å². The number of rotatable bonds is 2. The maximum absolute atomic E-state index is 12.5. The Hall–Kier alpha value is -0.580. The Morgan fingerprint density at radius 2 is 1.77 bits per heavy atom. The van der Waals surface area contributed by atoms with Crippen molar-refractivity contribution in [3.63, 3.8) is 0 Å². The monoisotopic (exact) mass is 197 g/mol. The maximum Gasteiger partial charge on any atom is 0.326 e. The van der Waals surface area contributed by atoms with Gasteiger partial charge in [0.05, 0.1) is 0 Å². The molecule has 1 aliphatic heterocycles. The van der Waals surface area contributed by atoms with Crippen LogP contribution in [0, 0.1) is 0 Å². The van der Waals surface area contributed by atoms with Gasteiger partial charge in [0.25, 0.3) is 0 Å². The average molecular weight is 197 g/mol. The van der Waals surface area contributed by atoms with E-state index in [0.29, 0.717) is 37.6 Å². The number of halogens is 4. The predicted octanol–water partition coefficient (Wildman–Crippen LogP) is 2.20. The van der Waals surface area contributed by atoms with Gasteiger partial charge in [0, 0.05) is 0 Å². The number of piperidine rings is 1. The summed E-state index contributed by atoms with van der Waals surface area (Å²) in [6.45, 7) is 1.18. The lowest BCUT2D eigenvalue weighted by Gasteiger charge is -2.18. The van der Waals surface area contributed by atoms with Crippen LogP contribution in [-0.2, 0) is 0 Å². The van der Waals surface area contributed by atoms with E-state index in [-0.39, 0.29) is 0 Å². The molecule has 0 atom stereocenters. The van der Waals surface area contributed by atoms with Gasteiger partial charge in [-0.1, -0.05) is 5.57 Å². The molecule has 76 valence electrons. The first kappa shape index (κ1) is 10.5. The molecule has 0 spiro atoms. The van der Waals surface area contributed by atoms with Crippen LogP contribution in [0.15, 0.2) is 11.6 Å². The van der Waals surface area contributed by atoms with Gasteiger partial charge in [-0.05, 0) is 32.0 Å². The largest absolute Gasteiger partial charge is 0.326 e. The molecule has 0 amide bonds. The Kier molecular flexibility index (Phi) is 3.30. The first-order chi connectivity index (χ1) is 6.02. The molecule has 1 saturated heterocycles. The molecule has 5 heteroatoms. The number of allylic oxidation sites excluding steroid dienone is 1. The molecule has 1 rings (SSSR count). The molecule has 0 bridgehead atoms. The lowest BCUT2D eigenvalue weighted by molar-refractivity contribution is -0.0913. The Morgan fingerprint density at radius 3 is 2.23 bits per heavy atom. The third kappa shape index (κ3) is 2.99. The Bertz CT molecular complexity index is 192. The molecule has 1 heterocycles. The van der Waals surface area contributed by atoms with Gasteiger partial charge in [-0.25, -0.2) is 8.78 Å². The topological polar surface area (TPSA) is 12.0 Å². The Balaban J connectivity index is 2.61. The zero-order valence-corrected chi connectivity index (χ0v) is 6.99. The molecule has 0 aliphatic carbocycles. The summed E-state index contributed by atoms with van der Waals surface area (Å²) in [6, 6.07) is 0. The molecule has 0 unspecified atom stereocenters. The summed E-state index contributed by atoms with van der Waals surface area (Å²) in [6.07, 6.45) is -2.32. The second-order valence-corrected chi connectivity index (χ2v) is 3.03. The normalized spacial score (nSPS) is 19.3. The molecular formula is C8H11F4N. The van der Waals surface area contributed by atoms with Crippen molar-refractivity contribution in [1.29, 1.82) is 0 Å². The standard InChI is InChI=1S/C8H11F4N/c9-7(10)8(11,12)5-6-1-3-13-4-2-6/h5,7,13H,1-4H2. The highest BCUT2D eigenvalue weighted by atomic mass is 19.3. The molecule has 0 aromatic carbocycles. The highest BCUT2D eigenvalue weighted by Gasteiger charge is 2.38. The molecule has 0 aromatic rings. The summed E-state index contributed by atoms with van der Waals surface area (Å²) in [5.41, 5.74) is 0.420. The van der Waals surface area contributed by atoms with E-state index in [4.69, 9.17) is 0 Å². The lowest BCUT2D eigenvalue weighted by Crippen LogP contribution is -2.28. The van der Waals surface area contributed by atoms with E-state index in [2.05, 4.69) is 5.32 Å². The van der Waals surface area contributed by atoms with Crippen molar-refractivity contribution < 1.29 is 17.6 Å². The van der Waals surface area contributed by atoms with Crippen molar-refractivity contribution in [3.8, 4) is 0 Å². The van der Waals surface area contributed by atoms with Crippen LogP contribution in [0.1, 0.15) is 12.8 Å². The van der Waals surface area contributed by atoms with Gasteiger partial charge in [-0.2, -0.15) is 8.78 Å². The molecular weight excluding hydrogens is 186 g/mol. The average Bonchev–Trinajstić information content (AvgIpc) is 2.05. The van der Waals surface area contributed by atoms with Crippen LogP contribution in [0.4, 0.5) is 17.6 Å². The van der Waals surface area contributed by atoms with E-state index >= 15 is 0 Å². The zero-order chi connectivity index (χ0) is 9.90. The molecule has 1 fully saturated rings. The van der Waals surface area contributed by atoms with Gasteiger partial charge >= 0.3 is 12.3 Å². The fraction of sp³-hybridized carbons (Fsp3) is 0.750. The first-order valence-electron chi connectivity index (χ1n) is 4.09.